The smallest absolute Gasteiger partial charge is 0.0699 e. The average molecular weight is 890 g/mol. The van der Waals surface area contributed by atoms with E-state index < -0.39 is 0 Å². The fourth-order valence-corrected chi connectivity index (χ4v) is 9.54. The summed E-state index contributed by atoms with van der Waals surface area (Å²) in [4.78, 5) is 4.84. The number of allylic oxidation sites excluding steroid dienone is 5. The molecule has 7 aromatic carbocycles. The molecular weight excluding hydrogens is 827 g/mol. The molecule has 0 saturated carbocycles. The molecule has 2 unspecified atom stereocenters. The molecule has 68 heavy (non-hydrogen) atoms. The molecule has 2 aliphatic carbocycles. The summed E-state index contributed by atoms with van der Waals surface area (Å²) >= 11 is 0. The van der Waals surface area contributed by atoms with Crippen molar-refractivity contribution in [3.8, 4) is 5.69 Å². The molecule has 340 valence electrons. The van der Waals surface area contributed by atoms with Crippen molar-refractivity contribution >= 4 is 77.8 Å². The Bertz CT molecular complexity index is 3210. The third-order valence-electron chi connectivity index (χ3n) is 12.3. The van der Waals surface area contributed by atoms with E-state index in [4.69, 9.17) is 12.3 Å². The minimum atomic E-state index is 0.106. The molecule has 5 nitrogen and oxygen atoms in total. The number of nitrogens with zero attached hydrogens (tertiary/aromatic N) is 4. The number of anilines is 4. The molecule has 0 radical (unpaired) electrons. The third kappa shape index (κ3) is 8.89. The van der Waals surface area contributed by atoms with E-state index in [2.05, 4.69) is 220 Å². The van der Waals surface area contributed by atoms with Gasteiger partial charge in [0.15, 0.2) is 0 Å². The van der Waals surface area contributed by atoms with Crippen LogP contribution in [0.1, 0.15) is 53.0 Å². The van der Waals surface area contributed by atoms with E-state index in [1.54, 1.807) is 6.08 Å². The van der Waals surface area contributed by atoms with Gasteiger partial charge in [0, 0.05) is 55.9 Å². The average Bonchev–Trinajstić information content (AvgIpc) is 3.89. The zero-order valence-corrected chi connectivity index (χ0v) is 40.1. The topological polar surface area (TPSA) is 42.4 Å². The van der Waals surface area contributed by atoms with Crippen LogP contribution in [0.25, 0.3) is 60.7 Å². The van der Waals surface area contributed by atoms with Crippen LogP contribution in [0.5, 0.6) is 0 Å². The number of rotatable bonds is 4. The summed E-state index contributed by atoms with van der Waals surface area (Å²) in [6.07, 6.45) is 18.8. The van der Waals surface area contributed by atoms with Crippen LogP contribution in [-0.4, -0.2) is 21.2 Å². The molecule has 0 bridgehead atoms. The highest BCUT2D eigenvalue weighted by Gasteiger charge is 2.32. The predicted molar refractivity (Wildman–Crippen MR) is 298 cm³/mol. The normalized spacial score (nSPS) is 15.6. The van der Waals surface area contributed by atoms with Crippen LogP contribution in [-0.2, 0) is 0 Å². The summed E-state index contributed by atoms with van der Waals surface area (Å²) in [6.45, 7) is 18.0. The van der Waals surface area contributed by atoms with E-state index in [1.165, 1.54) is 49.3 Å². The molecule has 1 aliphatic heterocycles. The van der Waals surface area contributed by atoms with Crippen molar-refractivity contribution in [2.24, 2.45) is 5.73 Å². The van der Waals surface area contributed by atoms with Gasteiger partial charge in [-0.1, -0.05) is 180 Å². The Morgan fingerprint density at radius 2 is 0.971 bits per heavy atom. The maximum absolute atomic E-state index is 5.50. The highest BCUT2D eigenvalue weighted by molar-refractivity contribution is 6.11. The largest absolute Gasteiger partial charge is 0.332 e. The SMILES string of the molecule is C=C1c2ccccc2N(C2C=CC(n3c4ccccc4c4ccccc43)=CC2)c2ccccc2N1c1ccc(-n2c3ccccc3c3ccccc32)cc1.C=CC.CC.CC.NC1C=CC=CC1. The minimum absolute atomic E-state index is 0.106. The number of fused-ring (bicyclic) bond motifs is 8. The van der Waals surface area contributed by atoms with Crippen molar-refractivity contribution in [1.29, 1.82) is 0 Å². The molecule has 0 saturated heterocycles. The van der Waals surface area contributed by atoms with Crippen LogP contribution in [0.15, 0.2) is 232 Å². The molecule has 3 aliphatic rings. The van der Waals surface area contributed by atoms with Gasteiger partial charge in [-0.2, -0.15) is 0 Å². The number of benzene rings is 7. The van der Waals surface area contributed by atoms with Gasteiger partial charge in [0.2, 0.25) is 0 Å². The minimum Gasteiger partial charge on any atom is -0.332 e. The standard InChI is InChI=1S/C50H36N4.C6H9N.C3H6.2C2H6/c1-34-39-14-2-7-19-44(39)54(38-32-30-37(31-33-38)53-47-22-10-5-17-42(47)43-18-6-11-23-48(43)53)50-25-13-12-24-49(50)51(34)35-26-28-36(29-27-35)52-45-20-8-3-15-40(45)41-16-4-9-21-46(41)52;7-6-4-2-1-3-5-6;1-3-2;2*1-2/h2-32,38H,1,33H2;1-4,6H,5,7H2;3H,1H2,2H3;2*1-2H3. The van der Waals surface area contributed by atoms with Gasteiger partial charge in [0.05, 0.1) is 45.2 Å². The van der Waals surface area contributed by atoms with Crippen molar-refractivity contribution < 1.29 is 0 Å². The summed E-state index contributed by atoms with van der Waals surface area (Å²) in [6, 6.07) is 61.6. The Morgan fingerprint density at radius 1 is 0.515 bits per heavy atom. The zero-order chi connectivity index (χ0) is 47.6. The molecular formula is C63H63N5. The Kier molecular flexibility index (Phi) is 14.8. The zero-order valence-electron chi connectivity index (χ0n) is 40.1. The molecule has 0 spiro atoms. The lowest BCUT2D eigenvalue weighted by molar-refractivity contribution is 0.784. The van der Waals surface area contributed by atoms with Crippen LogP contribution in [0.3, 0.4) is 0 Å². The summed E-state index contributed by atoms with van der Waals surface area (Å²) < 4.78 is 4.78. The summed E-state index contributed by atoms with van der Waals surface area (Å²) in [5.74, 6) is 0. The maximum Gasteiger partial charge on any atom is 0.0699 e. The first-order chi connectivity index (χ1) is 33.6. The second-order valence-corrected chi connectivity index (χ2v) is 16.3. The van der Waals surface area contributed by atoms with Crippen LogP contribution in [0.4, 0.5) is 22.7 Å². The second-order valence-electron chi connectivity index (χ2n) is 16.3. The maximum atomic E-state index is 5.50. The van der Waals surface area contributed by atoms with E-state index in [0.29, 0.717) is 0 Å². The first kappa shape index (κ1) is 46.7. The monoisotopic (exact) mass is 890 g/mol. The quantitative estimate of drug-likeness (QED) is 0.179. The van der Waals surface area contributed by atoms with Gasteiger partial charge in [-0.25, -0.2) is 0 Å². The Balaban J connectivity index is 0.000000396. The van der Waals surface area contributed by atoms with Gasteiger partial charge in [0.1, 0.15) is 0 Å². The molecule has 0 fully saturated rings. The first-order valence-electron chi connectivity index (χ1n) is 24.1. The lowest BCUT2D eigenvalue weighted by Crippen LogP contribution is -2.30. The van der Waals surface area contributed by atoms with Gasteiger partial charge < -0.3 is 24.7 Å². The molecule has 2 aromatic heterocycles. The van der Waals surface area contributed by atoms with Crippen LogP contribution >= 0.6 is 0 Å². The van der Waals surface area contributed by atoms with Crippen LogP contribution < -0.4 is 15.5 Å². The molecule has 9 aromatic rings. The number of hydrogen-bond donors (Lipinski definition) is 1. The number of aromatic nitrogens is 2. The third-order valence-corrected chi connectivity index (χ3v) is 12.3. The van der Waals surface area contributed by atoms with Crippen molar-refractivity contribution in [3.63, 3.8) is 0 Å². The summed E-state index contributed by atoms with van der Waals surface area (Å²) in [5.41, 5.74) is 19.3. The molecule has 2 atom stereocenters. The van der Waals surface area contributed by atoms with E-state index >= 15 is 0 Å². The predicted octanol–water partition coefficient (Wildman–Crippen LogP) is 17.1. The van der Waals surface area contributed by atoms with Gasteiger partial charge >= 0.3 is 0 Å². The Morgan fingerprint density at radius 3 is 1.44 bits per heavy atom. The van der Waals surface area contributed by atoms with Gasteiger partial charge in [-0.15, -0.1) is 6.58 Å². The summed E-state index contributed by atoms with van der Waals surface area (Å²) in [5, 5.41) is 5.08. The molecule has 12 rings (SSSR count). The lowest BCUT2D eigenvalue weighted by atomic mass is 10.0. The second kappa shape index (κ2) is 21.6. The molecule has 3 heterocycles. The first-order valence-corrected chi connectivity index (χ1v) is 24.1. The molecule has 5 heteroatoms. The Labute approximate surface area is 403 Å². The fraction of sp³-hybridized carbons (Fsp3) is 0.143. The van der Waals surface area contributed by atoms with Gasteiger partial charge in [-0.3, -0.25) is 0 Å². The van der Waals surface area contributed by atoms with Gasteiger partial charge in [-0.05, 0) is 92.6 Å². The van der Waals surface area contributed by atoms with Crippen molar-refractivity contribution in [2.75, 3.05) is 9.80 Å². The van der Waals surface area contributed by atoms with Crippen molar-refractivity contribution in [1.82, 2.24) is 9.13 Å². The summed E-state index contributed by atoms with van der Waals surface area (Å²) in [7, 11) is 0. The number of nitrogens with two attached hydrogens (primary N) is 1. The number of para-hydroxylation sites is 7. The van der Waals surface area contributed by atoms with E-state index in [1.807, 2.05) is 52.8 Å². The highest BCUT2D eigenvalue weighted by Crippen LogP contribution is 2.50. The molecule has 2 N–H and O–H groups in total. The fourth-order valence-electron chi connectivity index (χ4n) is 9.54. The van der Waals surface area contributed by atoms with Gasteiger partial charge in [0.25, 0.3) is 0 Å². The van der Waals surface area contributed by atoms with Crippen molar-refractivity contribution in [2.45, 2.75) is 59.5 Å². The van der Waals surface area contributed by atoms with E-state index in [-0.39, 0.29) is 12.1 Å². The van der Waals surface area contributed by atoms with E-state index in [9.17, 15) is 0 Å². The van der Waals surface area contributed by atoms with Crippen LogP contribution in [0.2, 0.25) is 0 Å². The Hall–Kier alpha value is -7.86. The highest BCUT2D eigenvalue weighted by atomic mass is 15.3. The molecule has 0 amide bonds. The lowest BCUT2D eigenvalue weighted by Gasteiger charge is -2.34. The van der Waals surface area contributed by atoms with E-state index in [0.717, 1.165) is 52.5 Å². The van der Waals surface area contributed by atoms with Crippen LogP contribution in [0, 0.1) is 0 Å². The number of hydrogen-bond acceptors (Lipinski definition) is 3. The van der Waals surface area contributed by atoms with Crippen molar-refractivity contribution in [3.05, 3.63) is 237 Å².